The molecule has 0 atom stereocenters. The molecule has 7 heteroatoms. The van der Waals surface area contributed by atoms with Crippen molar-refractivity contribution in [3.05, 3.63) is 41.5 Å². The molecule has 2 rings (SSSR count). The molecule has 1 heterocycles. The average Bonchev–Trinajstić information content (AvgIpc) is 2.82. The fourth-order valence-corrected chi connectivity index (χ4v) is 2.55. The van der Waals surface area contributed by atoms with Gasteiger partial charge < -0.3 is 9.67 Å². The SMILES string of the molecule is CC(C)c1nnc(SCC(=O)O)n1Cc1ccc(F)cc1. The number of carbonyl (C=O) groups is 1. The van der Waals surface area contributed by atoms with Crippen LogP contribution in [0.1, 0.15) is 31.2 Å². The maximum absolute atomic E-state index is 13.0. The number of benzene rings is 1. The van der Waals surface area contributed by atoms with Gasteiger partial charge in [0.25, 0.3) is 0 Å². The number of aliphatic carboxylic acids is 1. The van der Waals surface area contributed by atoms with Gasteiger partial charge in [0.05, 0.1) is 12.3 Å². The van der Waals surface area contributed by atoms with Gasteiger partial charge in [-0.25, -0.2) is 4.39 Å². The van der Waals surface area contributed by atoms with Crippen molar-refractivity contribution in [1.82, 2.24) is 14.8 Å². The summed E-state index contributed by atoms with van der Waals surface area (Å²) in [4.78, 5) is 10.7. The minimum Gasteiger partial charge on any atom is -0.481 e. The molecule has 0 aliphatic rings. The standard InChI is InChI=1S/C14H16FN3O2S/c1-9(2)13-16-17-14(21-8-12(19)20)18(13)7-10-3-5-11(15)6-4-10/h3-6,9H,7-8H2,1-2H3,(H,19,20). The summed E-state index contributed by atoms with van der Waals surface area (Å²) in [5.74, 6) is -0.307. The lowest BCUT2D eigenvalue weighted by atomic mass is 10.2. The van der Waals surface area contributed by atoms with E-state index in [1.807, 2.05) is 18.4 Å². The summed E-state index contributed by atoms with van der Waals surface area (Å²) in [5, 5.41) is 17.5. The largest absolute Gasteiger partial charge is 0.481 e. The first kappa shape index (κ1) is 15.5. The van der Waals surface area contributed by atoms with Gasteiger partial charge in [-0.2, -0.15) is 0 Å². The van der Waals surface area contributed by atoms with E-state index in [1.165, 1.54) is 12.1 Å². The predicted octanol–water partition coefficient (Wildman–Crippen LogP) is 2.77. The monoisotopic (exact) mass is 309 g/mol. The molecular formula is C14H16FN3O2S. The molecule has 0 saturated carbocycles. The minimum atomic E-state index is -0.901. The van der Waals surface area contributed by atoms with Gasteiger partial charge in [0.2, 0.25) is 0 Å². The molecule has 0 fully saturated rings. The number of carboxylic acid groups (broad SMARTS) is 1. The summed E-state index contributed by atoms with van der Waals surface area (Å²) in [5.41, 5.74) is 0.912. The third-order valence-electron chi connectivity index (χ3n) is 2.84. The van der Waals surface area contributed by atoms with Gasteiger partial charge in [-0.3, -0.25) is 4.79 Å². The van der Waals surface area contributed by atoms with E-state index < -0.39 is 5.97 Å². The summed E-state index contributed by atoms with van der Waals surface area (Å²) < 4.78 is 14.8. The highest BCUT2D eigenvalue weighted by atomic mass is 32.2. The van der Waals surface area contributed by atoms with Crippen molar-refractivity contribution < 1.29 is 14.3 Å². The molecule has 112 valence electrons. The lowest BCUT2D eigenvalue weighted by molar-refractivity contribution is -0.133. The molecule has 2 aromatic rings. The zero-order valence-electron chi connectivity index (χ0n) is 11.8. The molecule has 21 heavy (non-hydrogen) atoms. The predicted molar refractivity (Wildman–Crippen MR) is 78.0 cm³/mol. The van der Waals surface area contributed by atoms with Crippen LogP contribution in [-0.2, 0) is 11.3 Å². The Morgan fingerprint density at radius 3 is 2.57 bits per heavy atom. The number of nitrogens with zero attached hydrogens (tertiary/aromatic N) is 3. The highest BCUT2D eigenvalue weighted by molar-refractivity contribution is 7.99. The van der Waals surface area contributed by atoms with Gasteiger partial charge in [0, 0.05) is 5.92 Å². The molecule has 0 spiro atoms. The van der Waals surface area contributed by atoms with Crippen molar-refractivity contribution >= 4 is 17.7 Å². The van der Waals surface area contributed by atoms with E-state index in [-0.39, 0.29) is 17.5 Å². The Bertz CT molecular complexity index is 626. The van der Waals surface area contributed by atoms with Gasteiger partial charge in [0.15, 0.2) is 5.16 Å². The number of hydrogen-bond donors (Lipinski definition) is 1. The first-order valence-electron chi connectivity index (χ1n) is 6.49. The van der Waals surface area contributed by atoms with Crippen molar-refractivity contribution in [1.29, 1.82) is 0 Å². The van der Waals surface area contributed by atoms with Crippen LogP contribution in [0.5, 0.6) is 0 Å². The lowest BCUT2D eigenvalue weighted by Crippen LogP contribution is -2.09. The van der Waals surface area contributed by atoms with E-state index in [9.17, 15) is 9.18 Å². The Balaban J connectivity index is 2.27. The molecule has 0 saturated heterocycles. The molecule has 0 amide bonds. The van der Waals surface area contributed by atoms with Gasteiger partial charge in [-0.05, 0) is 17.7 Å². The maximum atomic E-state index is 13.0. The van der Waals surface area contributed by atoms with E-state index in [4.69, 9.17) is 5.11 Å². The van der Waals surface area contributed by atoms with E-state index in [2.05, 4.69) is 10.2 Å². The number of aromatic nitrogens is 3. The minimum absolute atomic E-state index is 0.0698. The summed E-state index contributed by atoms with van der Waals surface area (Å²) in [6.45, 7) is 4.48. The maximum Gasteiger partial charge on any atom is 0.313 e. The topological polar surface area (TPSA) is 68.0 Å². The summed E-state index contributed by atoms with van der Waals surface area (Å²) in [6.07, 6.45) is 0. The molecule has 0 radical (unpaired) electrons. The highest BCUT2D eigenvalue weighted by Gasteiger charge is 2.16. The molecule has 1 N–H and O–H groups in total. The summed E-state index contributed by atoms with van der Waals surface area (Å²) >= 11 is 1.13. The number of thioether (sulfide) groups is 1. The van der Waals surface area contributed by atoms with Gasteiger partial charge in [0.1, 0.15) is 11.6 Å². The van der Waals surface area contributed by atoms with Crippen LogP contribution in [0.3, 0.4) is 0 Å². The third-order valence-corrected chi connectivity index (χ3v) is 3.79. The fraction of sp³-hybridized carbons (Fsp3) is 0.357. The number of carboxylic acids is 1. The fourth-order valence-electron chi connectivity index (χ4n) is 1.88. The zero-order valence-corrected chi connectivity index (χ0v) is 12.6. The molecule has 1 aromatic carbocycles. The second kappa shape index (κ2) is 6.71. The van der Waals surface area contributed by atoms with Gasteiger partial charge in [-0.15, -0.1) is 10.2 Å². The average molecular weight is 309 g/mol. The molecular weight excluding hydrogens is 293 g/mol. The van der Waals surface area contributed by atoms with E-state index in [0.717, 1.165) is 23.1 Å². The smallest absolute Gasteiger partial charge is 0.313 e. The first-order chi connectivity index (χ1) is 9.97. The second-order valence-corrected chi connectivity index (χ2v) is 5.83. The van der Waals surface area contributed by atoms with Crippen molar-refractivity contribution in [3.63, 3.8) is 0 Å². The highest BCUT2D eigenvalue weighted by Crippen LogP contribution is 2.22. The van der Waals surface area contributed by atoms with Crippen LogP contribution in [0.15, 0.2) is 29.4 Å². The summed E-state index contributed by atoms with van der Waals surface area (Å²) in [7, 11) is 0. The molecule has 0 aliphatic heterocycles. The van der Waals surface area contributed by atoms with Crippen molar-refractivity contribution in [2.75, 3.05) is 5.75 Å². The van der Waals surface area contributed by atoms with Crippen molar-refractivity contribution in [3.8, 4) is 0 Å². The molecule has 5 nitrogen and oxygen atoms in total. The van der Waals surface area contributed by atoms with Crippen LogP contribution in [-0.4, -0.2) is 31.6 Å². The van der Waals surface area contributed by atoms with Crippen LogP contribution in [0.25, 0.3) is 0 Å². The first-order valence-corrected chi connectivity index (χ1v) is 7.48. The number of hydrogen-bond acceptors (Lipinski definition) is 4. The lowest BCUT2D eigenvalue weighted by Gasteiger charge is -2.11. The zero-order chi connectivity index (χ0) is 15.4. The Hall–Kier alpha value is -1.89. The Labute approximate surface area is 126 Å². The van der Waals surface area contributed by atoms with Crippen LogP contribution >= 0.6 is 11.8 Å². The van der Waals surface area contributed by atoms with E-state index in [0.29, 0.717) is 11.7 Å². The van der Waals surface area contributed by atoms with Crippen LogP contribution < -0.4 is 0 Å². The van der Waals surface area contributed by atoms with E-state index >= 15 is 0 Å². The van der Waals surface area contributed by atoms with Gasteiger partial charge in [-0.1, -0.05) is 37.7 Å². The van der Waals surface area contributed by atoms with Crippen LogP contribution in [0.4, 0.5) is 4.39 Å². The normalized spacial score (nSPS) is 11.0. The Kier molecular flexibility index (Phi) is 4.95. The molecule has 0 unspecified atom stereocenters. The molecule has 0 bridgehead atoms. The van der Waals surface area contributed by atoms with Crippen molar-refractivity contribution in [2.45, 2.75) is 31.5 Å². The molecule has 1 aromatic heterocycles. The number of rotatable bonds is 6. The van der Waals surface area contributed by atoms with Crippen LogP contribution in [0.2, 0.25) is 0 Å². The van der Waals surface area contributed by atoms with Crippen LogP contribution in [0, 0.1) is 5.82 Å². The third kappa shape index (κ3) is 4.04. The second-order valence-electron chi connectivity index (χ2n) is 4.89. The Morgan fingerprint density at radius 1 is 1.33 bits per heavy atom. The van der Waals surface area contributed by atoms with E-state index in [1.54, 1.807) is 12.1 Å². The Morgan fingerprint density at radius 2 is 2.00 bits per heavy atom. The quantitative estimate of drug-likeness (QED) is 0.831. The van der Waals surface area contributed by atoms with Crippen molar-refractivity contribution in [2.24, 2.45) is 0 Å². The van der Waals surface area contributed by atoms with Gasteiger partial charge >= 0.3 is 5.97 Å². The summed E-state index contributed by atoms with van der Waals surface area (Å²) in [6, 6.07) is 6.20. The number of halogens is 1. The molecule has 0 aliphatic carbocycles.